The fourth-order valence-corrected chi connectivity index (χ4v) is 3.86. The van der Waals surface area contributed by atoms with Crippen LogP contribution in [0.3, 0.4) is 0 Å². The maximum atomic E-state index is 12.4. The summed E-state index contributed by atoms with van der Waals surface area (Å²) in [5, 5.41) is 3.40. The number of benzene rings is 1. The molecule has 1 heterocycles. The minimum atomic E-state index is -1.40. The molecule has 0 aromatic heterocycles. The first kappa shape index (κ1) is 16.9. The van der Waals surface area contributed by atoms with Gasteiger partial charge in [-0.25, -0.2) is 0 Å². The summed E-state index contributed by atoms with van der Waals surface area (Å²) in [5.74, 6) is -1.26. The number of fused-ring (bicyclic) bond motifs is 1. The summed E-state index contributed by atoms with van der Waals surface area (Å²) >= 11 is 5.83. The van der Waals surface area contributed by atoms with E-state index in [2.05, 4.69) is 5.32 Å². The first-order valence-electron chi connectivity index (χ1n) is 7.92. The molecule has 0 radical (unpaired) electrons. The van der Waals surface area contributed by atoms with Crippen molar-refractivity contribution in [3.8, 4) is 0 Å². The normalized spacial score (nSPS) is 28.6. The summed E-state index contributed by atoms with van der Waals surface area (Å²) in [4.78, 5) is 36.7. The van der Waals surface area contributed by atoms with E-state index in [1.165, 1.54) is 0 Å². The minimum absolute atomic E-state index is 0.194. The summed E-state index contributed by atoms with van der Waals surface area (Å²) in [6, 6.07) is 7.22. The van der Waals surface area contributed by atoms with Crippen LogP contribution in [-0.2, 0) is 25.5 Å². The lowest BCUT2D eigenvalue weighted by atomic mass is 9.80. The lowest BCUT2D eigenvalue weighted by molar-refractivity contribution is -0.144. The Labute approximate surface area is 144 Å². The maximum absolute atomic E-state index is 12.4. The molecule has 24 heavy (non-hydrogen) atoms. The smallest absolute Gasteiger partial charge is 0.252 e. The van der Waals surface area contributed by atoms with Gasteiger partial charge in [-0.1, -0.05) is 23.7 Å². The number of ketones is 1. The molecule has 128 valence electrons. The molecule has 2 amide bonds. The van der Waals surface area contributed by atoms with Gasteiger partial charge in [-0.2, -0.15) is 0 Å². The third-order valence-electron chi connectivity index (χ3n) is 5.00. The second kappa shape index (κ2) is 6.18. The first-order chi connectivity index (χ1) is 11.4. The molecule has 1 aliphatic carbocycles. The van der Waals surface area contributed by atoms with Gasteiger partial charge in [0.15, 0.2) is 11.4 Å². The van der Waals surface area contributed by atoms with Gasteiger partial charge in [0.05, 0.1) is 0 Å². The van der Waals surface area contributed by atoms with E-state index in [-0.39, 0.29) is 24.7 Å². The molecule has 1 aromatic carbocycles. The van der Waals surface area contributed by atoms with Gasteiger partial charge in [0.2, 0.25) is 5.91 Å². The van der Waals surface area contributed by atoms with Crippen LogP contribution in [0.2, 0.25) is 5.02 Å². The molecule has 2 atom stereocenters. The SMILES string of the molecule is NC(=O)C12CCCC1(NC(=O)CCc1ccc(Cl)cc1)C(=O)CO2. The molecule has 1 aliphatic heterocycles. The average Bonchev–Trinajstić information content (AvgIpc) is 3.04. The second-order valence-electron chi connectivity index (χ2n) is 6.34. The molecule has 3 N–H and O–H groups in total. The Kier molecular flexibility index (Phi) is 4.36. The topological polar surface area (TPSA) is 98.5 Å². The summed E-state index contributed by atoms with van der Waals surface area (Å²) in [5.41, 5.74) is 3.75. The van der Waals surface area contributed by atoms with Crippen LogP contribution in [0.1, 0.15) is 31.2 Å². The Morgan fingerprint density at radius 2 is 1.96 bits per heavy atom. The number of ether oxygens (including phenoxy) is 1. The van der Waals surface area contributed by atoms with Gasteiger partial charge in [-0.3, -0.25) is 14.4 Å². The van der Waals surface area contributed by atoms with E-state index in [1.807, 2.05) is 12.1 Å². The van der Waals surface area contributed by atoms with E-state index in [4.69, 9.17) is 22.1 Å². The zero-order chi connectivity index (χ0) is 17.4. The molecule has 0 bridgehead atoms. The lowest BCUT2D eigenvalue weighted by Crippen LogP contribution is -2.66. The molecule has 1 aromatic rings. The lowest BCUT2D eigenvalue weighted by Gasteiger charge is -2.35. The molecule has 1 saturated heterocycles. The number of carbonyl (C=O) groups is 3. The Balaban J connectivity index is 1.71. The molecule has 2 unspecified atom stereocenters. The number of carbonyl (C=O) groups excluding carboxylic acids is 3. The van der Waals surface area contributed by atoms with Crippen molar-refractivity contribution in [3.63, 3.8) is 0 Å². The van der Waals surface area contributed by atoms with Gasteiger partial charge >= 0.3 is 0 Å². The van der Waals surface area contributed by atoms with Crippen molar-refractivity contribution in [1.29, 1.82) is 0 Å². The zero-order valence-corrected chi connectivity index (χ0v) is 13.9. The van der Waals surface area contributed by atoms with Gasteiger partial charge in [0.1, 0.15) is 12.1 Å². The number of hydrogen-bond acceptors (Lipinski definition) is 4. The third kappa shape index (κ3) is 2.59. The highest BCUT2D eigenvalue weighted by Gasteiger charge is 2.68. The summed E-state index contributed by atoms with van der Waals surface area (Å²) < 4.78 is 5.46. The average molecular weight is 351 g/mol. The summed E-state index contributed by atoms with van der Waals surface area (Å²) in [6.07, 6.45) is 2.04. The van der Waals surface area contributed by atoms with Crippen molar-refractivity contribution in [2.24, 2.45) is 5.73 Å². The van der Waals surface area contributed by atoms with Crippen LogP contribution < -0.4 is 11.1 Å². The predicted molar refractivity (Wildman–Crippen MR) is 87.4 cm³/mol. The number of primary amides is 1. The largest absolute Gasteiger partial charge is 0.367 e. The molecule has 7 heteroatoms. The monoisotopic (exact) mass is 350 g/mol. The van der Waals surface area contributed by atoms with Crippen LogP contribution >= 0.6 is 11.6 Å². The molecule has 3 rings (SSSR count). The van der Waals surface area contributed by atoms with Gasteiger partial charge in [-0.15, -0.1) is 0 Å². The minimum Gasteiger partial charge on any atom is -0.367 e. The predicted octanol–water partition coefficient (Wildman–Crippen LogP) is 1.13. The fourth-order valence-electron chi connectivity index (χ4n) is 3.74. The molecule has 2 aliphatic rings. The highest BCUT2D eigenvalue weighted by atomic mass is 35.5. The van der Waals surface area contributed by atoms with Crippen molar-refractivity contribution in [2.45, 2.75) is 43.2 Å². The van der Waals surface area contributed by atoms with Gasteiger partial charge in [0.25, 0.3) is 5.91 Å². The number of hydrogen-bond donors (Lipinski definition) is 2. The quantitative estimate of drug-likeness (QED) is 0.831. The number of amides is 2. The van der Waals surface area contributed by atoms with Crippen LogP contribution in [0, 0.1) is 0 Å². The molecule has 1 saturated carbocycles. The first-order valence-corrected chi connectivity index (χ1v) is 8.30. The van der Waals surface area contributed by atoms with E-state index in [1.54, 1.807) is 12.1 Å². The van der Waals surface area contributed by atoms with Crippen LogP contribution in [0.5, 0.6) is 0 Å². The molecule has 2 fully saturated rings. The number of nitrogens with two attached hydrogens (primary N) is 1. The molecular weight excluding hydrogens is 332 g/mol. The van der Waals surface area contributed by atoms with Crippen molar-refractivity contribution < 1.29 is 19.1 Å². The second-order valence-corrected chi connectivity index (χ2v) is 6.77. The van der Waals surface area contributed by atoms with Crippen molar-refractivity contribution in [3.05, 3.63) is 34.9 Å². The number of rotatable bonds is 5. The molecule has 0 spiro atoms. The van der Waals surface area contributed by atoms with E-state index in [0.29, 0.717) is 30.7 Å². The van der Waals surface area contributed by atoms with Crippen LogP contribution in [-0.4, -0.2) is 35.3 Å². The van der Waals surface area contributed by atoms with Crippen LogP contribution in [0.15, 0.2) is 24.3 Å². The molecular formula is C17H19ClN2O4. The number of nitrogens with one attached hydrogen (secondary N) is 1. The maximum Gasteiger partial charge on any atom is 0.252 e. The van der Waals surface area contributed by atoms with Crippen molar-refractivity contribution in [1.82, 2.24) is 5.32 Å². The van der Waals surface area contributed by atoms with Gasteiger partial charge in [-0.05, 0) is 43.4 Å². The van der Waals surface area contributed by atoms with Gasteiger partial charge in [0, 0.05) is 11.4 Å². The van der Waals surface area contributed by atoms with E-state index < -0.39 is 17.0 Å². The van der Waals surface area contributed by atoms with Crippen LogP contribution in [0.4, 0.5) is 0 Å². The fraction of sp³-hybridized carbons (Fsp3) is 0.471. The highest BCUT2D eigenvalue weighted by Crippen LogP contribution is 2.46. The summed E-state index contributed by atoms with van der Waals surface area (Å²) in [7, 11) is 0. The van der Waals surface area contributed by atoms with E-state index >= 15 is 0 Å². The Bertz CT molecular complexity index is 690. The number of Topliss-reactive ketones (excluding diaryl/α,β-unsaturated/α-hetero) is 1. The number of halogens is 1. The zero-order valence-electron chi connectivity index (χ0n) is 13.1. The van der Waals surface area contributed by atoms with Crippen molar-refractivity contribution in [2.75, 3.05) is 6.61 Å². The highest BCUT2D eigenvalue weighted by molar-refractivity contribution is 6.30. The van der Waals surface area contributed by atoms with Gasteiger partial charge < -0.3 is 15.8 Å². The third-order valence-corrected chi connectivity index (χ3v) is 5.25. The standard InChI is InChI=1S/C17H19ClN2O4/c18-12-5-2-11(3-6-12)4-7-14(22)20-16-8-1-9-17(16,15(19)23)24-10-13(16)21/h2-3,5-6H,1,4,7-10H2,(H2,19,23)(H,20,22). The number of aryl methyl sites for hydroxylation is 1. The van der Waals surface area contributed by atoms with E-state index in [0.717, 1.165) is 5.56 Å². The Morgan fingerprint density at radius 3 is 2.62 bits per heavy atom. The van der Waals surface area contributed by atoms with E-state index in [9.17, 15) is 14.4 Å². The molecule has 6 nitrogen and oxygen atoms in total. The Hall–Kier alpha value is -1.92. The van der Waals surface area contributed by atoms with Crippen molar-refractivity contribution >= 4 is 29.2 Å². The van der Waals surface area contributed by atoms with Crippen LogP contribution in [0.25, 0.3) is 0 Å². The Morgan fingerprint density at radius 1 is 1.25 bits per heavy atom. The summed E-state index contributed by atoms with van der Waals surface area (Å²) in [6.45, 7) is -0.194.